The Kier molecular flexibility index (Phi) is 31.4. The largest absolute Gasteiger partial charge is 0.394 e. The van der Waals surface area contributed by atoms with E-state index >= 15 is 0 Å². The van der Waals surface area contributed by atoms with Gasteiger partial charge in [0.2, 0.25) is 0 Å². The third kappa shape index (κ3) is 39.3. The van der Waals surface area contributed by atoms with Gasteiger partial charge in [0.05, 0.1) is 68.2 Å². The molecule has 0 spiro atoms. The van der Waals surface area contributed by atoms with Crippen LogP contribution in [0.25, 0.3) is 0 Å². The summed E-state index contributed by atoms with van der Waals surface area (Å²) in [5.41, 5.74) is -9.09. The summed E-state index contributed by atoms with van der Waals surface area (Å²) in [7, 11) is 0. The number of aliphatic hydroxyl groups is 13. The van der Waals surface area contributed by atoms with E-state index in [4.69, 9.17) is 5.11 Å². The Bertz CT molecular complexity index is 1490. The van der Waals surface area contributed by atoms with Crippen LogP contribution < -0.4 is 0 Å². The average molecular weight is 1050 g/mol. The van der Waals surface area contributed by atoms with Gasteiger partial charge in [0.25, 0.3) is 0 Å². The minimum atomic E-state index is -1.35. The fourth-order valence-electron chi connectivity index (χ4n) is 10.7. The summed E-state index contributed by atoms with van der Waals surface area (Å²) >= 11 is 0. The molecule has 13 nitrogen and oxygen atoms in total. The van der Waals surface area contributed by atoms with E-state index in [9.17, 15) is 61.3 Å². The van der Waals surface area contributed by atoms with E-state index in [1.807, 2.05) is 75.3 Å². The molecule has 13 N–H and O–H groups in total. The summed E-state index contributed by atoms with van der Waals surface area (Å²) in [4.78, 5) is 0. The molecule has 13 heteroatoms. The van der Waals surface area contributed by atoms with Gasteiger partial charge in [-0.2, -0.15) is 0 Å². The van der Waals surface area contributed by atoms with E-state index in [0.717, 1.165) is 24.8 Å². The molecule has 0 aliphatic heterocycles. The SMILES string of the molecule is C/C(=C\CC[C@@](C)(O)[C@H](O)CO)CCC[C@@](C)(O)CCC[C@@](C)(O)CCC[C@@](C)(O)CCC[C@@](C)(O)CCC[C@@](C)(O)CCC[C@@](C)(O)CCC[C@@](C)(O)CCC[C@@](C)(O)CCC[C@@](C)(O)CCCC(C)(C)O. The van der Waals surface area contributed by atoms with Crippen LogP contribution in [0.2, 0.25) is 0 Å². The minimum Gasteiger partial charge on any atom is -0.394 e. The Labute approximate surface area is 446 Å². The van der Waals surface area contributed by atoms with E-state index in [2.05, 4.69) is 0 Å². The molecule has 0 rings (SSSR count). The zero-order chi connectivity index (χ0) is 56.7. The van der Waals surface area contributed by atoms with Gasteiger partial charge < -0.3 is 66.4 Å². The lowest BCUT2D eigenvalue weighted by Gasteiger charge is -2.31. The van der Waals surface area contributed by atoms with Gasteiger partial charge in [-0.3, -0.25) is 0 Å². The van der Waals surface area contributed by atoms with Crippen molar-refractivity contribution in [1.29, 1.82) is 0 Å². The summed E-state index contributed by atoms with van der Waals surface area (Å²) in [6, 6.07) is 0. The van der Waals surface area contributed by atoms with Crippen LogP contribution in [0.4, 0.5) is 0 Å². The monoisotopic (exact) mass is 1050 g/mol. The lowest BCUT2D eigenvalue weighted by atomic mass is 9.83. The van der Waals surface area contributed by atoms with Crippen LogP contribution in [0.1, 0.15) is 295 Å². The molecule has 0 aromatic heterocycles. The molecule has 0 aliphatic carbocycles. The summed E-state index contributed by atoms with van der Waals surface area (Å²) in [5.74, 6) is 0. The molecule has 73 heavy (non-hydrogen) atoms. The summed E-state index contributed by atoms with van der Waals surface area (Å²) in [5, 5.41) is 139. The third-order valence-corrected chi connectivity index (χ3v) is 16.3. The second-order valence-corrected chi connectivity index (χ2v) is 27.5. The highest BCUT2D eigenvalue weighted by Gasteiger charge is 2.32. The highest BCUT2D eigenvalue weighted by Crippen LogP contribution is 2.34. The van der Waals surface area contributed by atoms with Crippen molar-refractivity contribution in [2.45, 2.75) is 363 Å². The van der Waals surface area contributed by atoms with Crippen molar-refractivity contribution in [2.24, 2.45) is 0 Å². The molecule has 0 bridgehead atoms. The fourth-order valence-corrected chi connectivity index (χ4v) is 10.7. The number of rotatable bonds is 45. The Hall–Kier alpha value is -0.780. The second kappa shape index (κ2) is 31.7. The lowest BCUT2D eigenvalue weighted by Crippen LogP contribution is -2.41. The first-order chi connectivity index (χ1) is 32.9. The summed E-state index contributed by atoms with van der Waals surface area (Å²) in [6.07, 6.45) is 19.8. The van der Waals surface area contributed by atoms with Crippen molar-refractivity contribution in [3.8, 4) is 0 Å². The van der Waals surface area contributed by atoms with Crippen LogP contribution in [0, 0.1) is 0 Å². The number of hydrogen-bond acceptors (Lipinski definition) is 13. The van der Waals surface area contributed by atoms with E-state index in [1.54, 1.807) is 13.8 Å². The first kappa shape index (κ1) is 72.2. The maximum absolute atomic E-state index is 11.2. The zero-order valence-electron chi connectivity index (χ0n) is 49.3. The maximum Gasteiger partial charge on any atom is 0.105 e. The van der Waals surface area contributed by atoms with Crippen molar-refractivity contribution in [3.05, 3.63) is 11.6 Å². The summed E-state index contributed by atoms with van der Waals surface area (Å²) < 4.78 is 0. The molecule has 0 fully saturated rings. The van der Waals surface area contributed by atoms with Crippen molar-refractivity contribution in [3.63, 3.8) is 0 Å². The van der Waals surface area contributed by atoms with Gasteiger partial charge in [-0.25, -0.2) is 0 Å². The number of allylic oxidation sites excluding steroid dienone is 2. The highest BCUT2D eigenvalue weighted by atomic mass is 16.4. The fraction of sp³-hybridized carbons (Fsp3) is 0.967. The van der Waals surface area contributed by atoms with E-state index < -0.39 is 74.3 Å². The zero-order valence-corrected chi connectivity index (χ0v) is 49.3. The average Bonchev–Trinajstić information content (AvgIpc) is 3.18. The first-order valence-electron chi connectivity index (χ1n) is 28.9. The Balaban J connectivity index is 4.47. The van der Waals surface area contributed by atoms with Gasteiger partial charge in [-0.1, -0.05) is 11.6 Å². The van der Waals surface area contributed by atoms with Crippen LogP contribution in [-0.4, -0.2) is 141 Å². The van der Waals surface area contributed by atoms with Crippen LogP contribution in [0.3, 0.4) is 0 Å². The molecule has 0 heterocycles. The van der Waals surface area contributed by atoms with Gasteiger partial charge in [0.1, 0.15) is 6.10 Å². The maximum atomic E-state index is 11.2. The topological polar surface area (TPSA) is 263 Å². The lowest BCUT2D eigenvalue weighted by molar-refractivity contribution is -0.0866. The van der Waals surface area contributed by atoms with Gasteiger partial charge in [0, 0.05) is 0 Å². The molecule has 0 aromatic rings. The van der Waals surface area contributed by atoms with Crippen molar-refractivity contribution in [1.82, 2.24) is 0 Å². The van der Waals surface area contributed by atoms with Gasteiger partial charge in [-0.05, 0) is 295 Å². The molecule has 0 radical (unpaired) electrons. The van der Waals surface area contributed by atoms with Crippen molar-refractivity contribution in [2.75, 3.05) is 6.61 Å². The van der Waals surface area contributed by atoms with Crippen LogP contribution in [-0.2, 0) is 0 Å². The second-order valence-electron chi connectivity index (χ2n) is 27.5. The van der Waals surface area contributed by atoms with E-state index in [1.165, 1.54) is 6.92 Å². The van der Waals surface area contributed by atoms with Gasteiger partial charge in [-0.15, -0.1) is 0 Å². The van der Waals surface area contributed by atoms with Crippen molar-refractivity contribution >= 4 is 0 Å². The molecule has 0 aliphatic rings. The summed E-state index contributed by atoms with van der Waals surface area (Å²) in [6.45, 7) is 22.9. The predicted octanol–water partition coefficient (Wildman–Crippen LogP) is 10.0. The first-order valence-corrected chi connectivity index (χ1v) is 28.9. The normalized spacial score (nSPS) is 21.8. The molecule has 0 aromatic carbocycles. The standard InChI is InChI=1S/C60H120O13/c1-48(26-15-46-60(13,73)49(62)47-61)25-14-28-51(4,64)30-17-32-53(6,66)34-19-36-55(8,68)38-21-40-57(10,70)42-23-44-59(12,72)45-24-43-58(11,71)41-22-39-56(9,69)37-20-35-54(7,67)33-18-31-52(5,65)29-16-27-50(2,3)63/h26,49,61-73H,14-25,27-47H2,1-13H3/b48-26+/t49-,51-,52+,53-,54+,55-,56+,57-,58+,59-,60-/m1/s1. The molecular weight excluding hydrogens is 929 g/mol. The Morgan fingerprint density at radius 1 is 0.315 bits per heavy atom. The van der Waals surface area contributed by atoms with E-state index in [0.29, 0.717) is 186 Å². The smallest absolute Gasteiger partial charge is 0.105 e. The Morgan fingerprint density at radius 3 is 0.699 bits per heavy atom. The van der Waals surface area contributed by atoms with Crippen LogP contribution >= 0.6 is 0 Å². The van der Waals surface area contributed by atoms with Crippen LogP contribution in [0.15, 0.2) is 11.6 Å². The predicted molar refractivity (Wildman–Crippen MR) is 297 cm³/mol. The third-order valence-electron chi connectivity index (χ3n) is 16.3. The van der Waals surface area contributed by atoms with E-state index in [-0.39, 0.29) is 0 Å². The Morgan fingerprint density at radius 2 is 0.507 bits per heavy atom. The molecule has 438 valence electrons. The molecule has 0 saturated carbocycles. The molecule has 0 saturated heterocycles. The van der Waals surface area contributed by atoms with Gasteiger partial charge in [0.15, 0.2) is 0 Å². The van der Waals surface area contributed by atoms with Crippen LogP contribution in [0.5, 0.6) is 0 Å². The van der Waals surface area contributed by atoms with Gasteiger partial charge >= 0.3 is 0 Å². The quantitative estimate of drug-likeness (QED) is 0.0254. The number of hydrogen-bond donors (Lipinski definition) is 13. The highest BCUT2D eigenvalue weighted by molar-refractivity contribution is 4.99. The molecule has 0 amide bonds. The molecular formula is C60H120O13. The van der Waals surface area contributed by atoms with Crippen molar-refractivity contribution < 1.29 is 66.4 Å². The molecule has 0 unspecified atom stereocenters. The molecule has 11 atom stereocenters. The number of aliphatic hydroxyl groups excluding tert-OH is 2. The minimum absolute atomic E-state index is 0.339.